The Morgan fingerprint density at radius 3 is 2.52 bits per heavy atom. The van der Waals surface area contributed by atoms with Crippen LogP contribution in [0.25, 0.3) is 0 Å². The molecule has 1 saturated heterocycles. The minimum atomic E-state index is -4.72. The first-order valence-corrected chi connectivity index (χ1v) is 6.82. The van der Waals surface area contributed by atoms with Crippen LogP contribution < -0.4 is 4.74 Å². The lowest BCUT2D eigenvalue weighted by Gasteiger charge is -2.26. The van der Waals surface area contributed by atoms with Gasteiger partial charge in [0.25, 0.3) is 0 Å². The maximum atomic E-state index is 13.6. The summed E-state index contributed by atoms with van der Waals surface area (Å²) in [5.74, 6) is -3.16. The van der Waals surface area contributed by atoms with E-state index < -0.39 is 42.0 Å². The standard InChI is InChI=1S/C15H16F4O4/c1-7-10(16)5-4-8(11(7)22-3)9-6-14(2,15(17,18)19)23-12(9)13(20)21/h4-5,9,12H,6H2,1-3H3,(H,20,21)/t9?,12-,14?/m1/s1. The van der Waals surface area contributed by atoms with Crippen molar-refractivity contribution >= 4 is 5.97 Å². The van der Waals surface area contributed by atoms with Gasteiger partial charge in [0.05, 0.1) is 7.11 Å². The molecule has 0 aliphatic carbocycles. The number of alkyl halides is 3. The quantitative estimate of drug-likeness (QED) is 0.860. The van der Waals surface area contributed by atoms with Gasteiger partial charge in [-0.25, -0.2) is 9.18 Å². The molecule has 0 aromatic heterocycles. The van der Waals surface area contributed by atoms with Gasteiger partial charge in [0.15, 0.2) is 11.7 Å². The van der Waals surface area contributed by atoms with E-state index >= 15 is 0 Å². The van der Waals surface area contributed by atoms with Gasteiger partial charge in [0, 0.05) is 17.0 Å². The average molecular weight is 336 g/mol. The fourth-order valence-corrected chi connectivity index (χ4v) is 2.87. The monoisotopic (exact) mass is 336 g/mol. The van der Waals surface area contributed by atoms with Crippen LogP contribution in [0, 0.1) is 12.7 Å². The molecular weight excluding hydrogens is 320 g/mol. The molecular formula is C15H16F4O4. The van der Waals surface area contributed by atoms with E-state index in [-0.39, 0.29) is 16.9 Å². The molecule has 8 heteroatoms. The highest BCUT2D eigenvalue weighted by Crippen LogP contribution is 2.51. The summed E-state index contributed by atoms with van der Waals surface area (Å²) in [5, 5.41) is 9.22. The molecule has 1 aliphatic rings. The van der Waals surface area contributed by atoms with Crippen LogP contribution in [-0.4, -0.2) is 36.1 Å². The molecule has 0 spiro atoms. The number of benzene rings is 1. The summed E-state index contributed by atoms with van der Waals surface area (Å²) < 4.78 is 63.1. The number of hydrogen-bond donors (Lipinski definition) is 1. The molecule has 128 valence electrons. The normalized spacial score (nSPS) is 28.0. The third kappa shape index (κ3) is 2.87. The molecule has 23 heavy (non-hydrogen) atoms. The van der Waals surface area contributed by atoms with Crippen molar-refractivity contribution < 1.29 is 36.9 Å². The van der Waals surface area contributed by atoms with Crippen molar-refractivity contribution in [3.8, 4) is 5.75 Å². The van der Waals surface area contributed by atoms with E-state index in [0.29, 0.717) is 0 Å². The van der Waals surface area contributed by atoms with Gasteiger partial charge in [0.1, 0.15) is 11.6 Å². The summed E-state index contributed by atoms with van der Waals surface area (Å²) in [5.41, 5.74) is -2.30. The second-order valence-electron chi connectivity index (χ2n) is 5.71. The molecule has 0 radical (unpaired) electrons. The number of halogens is 4. The molecule has 1 aromatic rings. The second kappa shape index (κ2) is 5.67. The summed E-state index contributed by atoms with van der Waals surface area (Å²) >= 11 is 0. The molecule has 1 N–H and O–H groups in total. The summed E-state index contributed by atoms with van der Waals surface area (Å²) in [6, 6.07) is 2.32. The number of rotatable bonds is 3. The van der Waals surface area contributed by atoms with Crippen molar-refractivity contribution in [1.29, 1.82) is 0 Å². The van der Waals surface area contributed by atoms with Gasteiger partial charge in [-0.1, -0.05) is 6.07 Å². The van der Waals surface area contributed by atoms with Crippen molar-refractivity contribution in [2.45, 2.75) is 44.1 Å². The molecule has 1 heterocycles. The number of aliphatic carboxylic acids is 1. The van der Waals surface area contributed by atoms with E-state index in [0.717, 1.165) is 13.0 Å². The van der Waals surface area contributed by atoms with Crippen molar-refractivity contribution in [3.05, 3.63) is 29.1 Å². The molecule has 1 aliphatic heterocycles. The van der Waals surface area contributed by atoms with Crippen molar-refractivity contribution in [2.24, 2.45) is 0 Å². The van der Waals surface area contributed by atoms with Crippen LogP contribution in [0.2, 0.25) is 0 Å². The predicted octanol–water partition coefficient (Wildman–Crippen LogP) is 3.42. The first-order valence-electron chi connectivity index (χ1n) is 6.82. The van der Waals surface area contributed by atoms with Gasteiger partial charge < -0.3 is 14.6 Å². The maximum Gasteiger partial charge on any atom is 0.417 e. The smallest absolute Gasteiger partial charge is 0.417 e. The molecule has 2 unspecified atom stereocenters. The Morgan fingerprint density at radius 2 is 2.04 bits per heavy atom. The van der Waals surface area contributed by atoms with Crippen LogP contribution in [0.1, 0.15) is 30.4 Å². The largest absolute Gasteiger partial charge is 0.496 e. The van der Waals surface area contributed by atoms with E-state index in [1.165, 1.54) is 20.1 Å². The van der Waals surface area contributed by atoms with E-state index in [9.17, 15) is 27.5 Å². The van der Waals surface area contributed by atoms with Gasteiger partial charge >= 0.3 is 12.1 Å². The zero-order valence-corrected chi connectivity index (χ0v) is 12.7. The van der Waals surface area contributed by atoms with Crippen molar-refractivity contribution in [3.63, 3.8) is 0 Å². The van der Waals surface area contributed by atoms with Crippen molar-refractivity contribution in [2.75, 3.05) is 7.11 Å². The highest BCUT2D eigenvalue weighted by atomic mass is 19.4. The van der Waals surface area contributed by atoms with E-state index in [2.05, 4.69) is 0 Å². The van der Waals surface area contributed by atoms with Gasteiger partial charge in [-0.2, -0.15) is 13.2 Å². The van der Waals surface area contributed by atoms with Crippen LogP contribution in [0.3, 0.4) is 0 Å². The molecule has 2 rings (SSSR count). The molecule has 1 fully saturated rings. The Labute approximate surface area is 130 Å². The number of carboxylic acids is 1. The van der Waals surface area contributed by atoms with Crippen LogP contribution in [0.5, 0.6) is 5.75 Å². The highest BCUT2D eigenvalue weighted by Gasteiger charge is 2.61. The molecule has 0 saturated carbocycles. The topological polar surface area (TPSA) is 55.8 Å². The fraction of sp³-hybridized carbons (Fsp3) is 0.533. The fourth-order valence-electron chi connectivity index (χ4n) is 2.87. The van der Waals surface area contributed by atoms with Crippen LogP contribution in [0.4, 0.5) is 17.6 Å². The van der Waals surface area contributed by atoms with Crippen LogP contribution in [-0.2, 0) is 9.53 Å². The summed E-state index contributed by atoms with van der Waals surface area (Å²) in [4.78, 5) is 11.3. The van der Waals surface area contributed by atoms with E-state index in [1.807, 2.05) is 0 Å². The molecule has 3 atom stereocenters. The Hall–Kier alpha value is -1.83. The van der Waals surface area contributed by atoms with Gasteiger partial charge in [-0.15, -0.1) is 0 Å². The number of carboxylic acid groups (broad SMARTS) is 1. The zero-order valence-electron chi connectivity index (χ0n) is 12.7. The summed E-state index contributed by atoms with van der Waals surface area (Å²) in [6.45, 7) is 2.22. The number of hydrogen-bond acceptors (Lipinski definition) is 3. The van der Waals surface area contributed by atoms with Gasteiger partial charge in [-0.05, 0) is 26.3 Å². The van der Waals surface area contributed by atoms with E-state index in [4.69, 9.17) is 9.47 Å². The van der Waals surface area contributed by atoms with E-state index in [1.54, 1.807) is 0 Å². The summed E-state index contributed by atoms with van der Waals surface area (Å²) in [6.07, 6.45) is -7.01. The maximum absolute atomic E-state index is 13.6. The first-order chi connectivity index (χ1) is 10.5. The third-order valence-electron chi connectivity index (χ3n) is 4.18. The molecule has 1 aromatic carbocycles. The lowest BCUT2D eigenvalue weighted by Crippen LogP contribution is -2.42. The average Bonchev–Trinajstić information content (AvgIpc) is 2.81. The highest BCUT2D eigenvalue weighted by molar-refractivity contribution is 5.75. The number of methoxy groups -OCH3 is 1. The van der Waals surface area contributed by atoms with Crippen LogP contribution >= 0.6 is 0 Å². The Balaban J connectivity index is 2.53. The second-order valence-corrected chi connectivity index (χ2v) is 5.71. The van der Waals surface area contributed by atoms with Gasteiger partial charge in [-0.3, -0.25) is 0 Å². The third-order valence-corrected chi connectivity index (χ3v) is 4.18. The minimum Gasteiger partial charge on any atom is -0.496 e. The Bertz CT molecular complexity index is 629. The lowest BCUT2D eigenvalue weighted by atomic mass is 9.85. The lowest BCUT2D eigenvalue weighted by molar-refractivity contribution is -0.263. The Kier molecular flexibility index (Phi) is 4.32. The molecule has 0 amide bonds. The van der Waals surface area contributed by atoms with Gasteiger partial charge in [0.2, 0.25) is 0 Å². The van der Waals surface area contributed by atoms with Crippen molar-refractivity contribution in [1.82, 2.24) is 0 Å². The molecule has 4 nitrogen and oxygen atoms in total. The van der Waals surface area contributed by atoms with Crippen LogP contribution in [0.15, 0.2) is 12.1 Å². The SMILES string of the molecule is COc1c(C2CC(C)(C(F)(F)F)O[C@H]2C(=O)O)ccc(F)c1C. The first kappa shape index (κ1) is 17.5. The predicted molar refractivity (Wildman–Crippen MR) is 72.0 cm³/mol. The minimum absolute atomic E-state index is 0.0382. The molecule has 0 bridgehead atoms. The zero-order chi connectivity index (χ0) is 17.6. The number of carbonyl (C=O) groups is 1. The summed E-state index contributed by atoms with van der Waals surface area (Å²) in [7, 11) is 1.25. The Morgan fingerprint density at radius 1 is 1.43 bits per heavy atom. The number of ether oxygens (including phenoxy) is 2.